The fourth-order valence-corrected chi connectivity index (χ4v) is 3.34. The van der Waals surface area contributed by atoms with Crippen LogP contribution in [-0.4, -0.2) is 22.5 Å². The third-order valence-electron chi connectivity index (χ3n) is 3.51. The summed E-state index contributed by atoms with van der Waals surface area (Å²) >= 11 is 14.6. The number of furan rings is 1. The van der Waals surface area contributed by atoms with E-state index < -0.39 is 0 Å². The number of rotatable bonds is 5. The quantitative estimate of drug-likeness (QED) is 0.552. The van der Waals surface area contributed by atoms with Crippen molar-refractivity contribution >= 4 is 56.8 Å². The second-order valence-electron chi connectivity index (χ2n) is 5.21. The van der Waals surface area contributed by atoms with Crippen molar-refractivity contribution in [1.82, 2.24) is 10.2 Å². The molecule has 0 unspecified atom stereocenters. The average molecular weight is 442 g/mol. The van der Waals surface area contributed by atoms with Crippen molar-refractivity contribution in [2.24, 2.45) is 0 Å². The summed E-state index contributed by atoms with van der Waals surface area (Å²) in [4.78, 5) is 13.6. The van der Waals surface area contributed by atoms with Gasteiger partial charge in [-0.2, -0.15) is 0 Å². The molecule has 1 aromatic carbocycles. The number of carbonyl (C=O) groups excluding carboxylic acids is 1. The molecule has 0 radical (unpaired) electrons. The molecule has 0 bridgehead atoms. The molecule has 25 heavy (non-hydrogen) atoms. The van der Waals surface area contributed by atoms with Crippen molar-refractivity contribution in [2.75, 3.05) is 6.54 Å². The lowest BCUT2D eigenvalue weighted by Gasteiger charge is -2.08. The Labute approximate surface area is 163 Å². The van der Waals surface area contributed by atoms with Crippen LogP contribution < -0.4 is 10.1 Å². The number of ether oxygens (including phenoxy) is 1. The van der Waals surface area contributed by atoms with Gasteiger partial charge in [-0.05, 0) is 49.5 Å². The molecule has 1 saturated heterocycles. The topological polar surface area (TPSA) is 54.7 Å². The minimum atomic E-state index is -0.164. The maximum Gasteiger partial charge on any atom is 0.276 e. The van der Waals surface area contributed by atoms with Gasteiger partial charge in [0.2, 0.25) is 0 Å². The minimum Gasteiger partial charge on any atom is -0.484 e. The molecule has 2 aromatic rings. The van der Waals surface area contributed by atoms with Crippen LogP contribution in [0.25, 0.3) is 6.08 Å². The number of benzene rings is 1. The molecule has 1 N–H and O–H groups in total. The van der Waals surface area contributed by atoms with Crippen LogP contribution in [-0.2, 0) is 11.4 Å². The molecule has 5 nitrogen and oxygen atoms in total. The van der Waals surface area contributed by atoms with Gasteiger partial charge in [0.15, 0.2) is 5.11 Å². The highest BCUT2D eigenvalue weighted by Gasteiger charge is 2.29. The summed E-state index contributed by atoms with van der Waals surface area (Å²) in [5.74, 6) is 1.56. The van der Waals surface area contributed by atoms with Gasteiger partial charge in [0.1, 0.15) is 29.6 Å². The first-order chi connectivity index (χ1) is 12.0. The number of amides is 1. The molecule has 8 heteroatoms. The van der Waals surface area contributed by atoms with Gasteiger partial charge in [-0.15, -0.1) is 0 Å². The Balaban J connectivity index is 1.68. The van der Waals surface area contributed by atoms with Crippen LogP contribution in [0.15, 0.2) is 44.9 Å². The number of halogens is 2. The van der Waals surface area contributed by atoms with E-state index in [0.717, 1.165) is 4.47 Å². The Kier molecular flexibility index (Phi) is 5.46. The van der Waals surface area contributed by atoms with E-state index in [4.69, 9.17) is 33.0 Å². The molecule has 3 rings (SSSR count). The summed E-state index contributed by atoms with van der Waals surface area (Å²) in [5.41, 5.74) is 0.393. The Morgan fingerprint density at radius 3 is 2.88 bits per heavy atom. The van der Waals surface area contributed by atoms with Crippen molar-refractivity contribution < 1.29 is 13.9 Å². The summed E-state index contributed by atoms with van der Waals surface area (Å²) in [6.45, 7) is 2.61. The smallest absolute Gasteiger partial charge is 0.276 e. The van der Waals surface area contributed by atoms with Gasteiger partial charge >= 0.3 is 0 Å². The van der Waals surface area contributed by atoms with Gasteiger partial charge in [0.25, 0.3) is 5.91 Å². The normalized spacial score (nSPS) is 15.8. The van der Waals surface area contributed by atoms with Gasteiger partial charge < -0.3 is 14.5 Å². The second-order valence-corrected chi connectivity index (χ2v) is 6.91. The van der Waals surface area contributed by atoms with Gasteiger partial charge in [0.05, 0.1) is 5.02 Å². The summed E-state index contributed by atoms with van der Waals surface area (Å²) in [5, 5.41) is 3.80. The number of nitrogens with zero attached hydrogens (tertiary/aromatic N) is 1. The minimum absolute atomic E-state index is 0.164. The third-order valence-corrected chi connectivity index (χ3v) is 4.62. The zero-order valence-corrected chi connectivity index (χ0v) is 16.4. The van der Waals surface area contributed by atoms with E-state index in [2.05, 4.69) is 21.2 Å². The fourth-order valence-electron chi connectivity index (χ4n) is 2.29. The molecule has 1 aromatic heterocycles. The standard InChI is InChI=1S/C17H14BrClN2O3S/c1-2-21-16(22)14(20-17(21)25)8-11-4-5-12(24-11)9-23-15-6-3-10(18)7-13(15)19/h3-8H,2,9H2,1H3,(H,20,25). The summed E-state index contributed by atoms with van der Waals surface area (Å²) in [7, 11) is 0. The first-order valence-corrected chi connectivity index (χ1v) is 9.07. The van der Waals surface area contributed by atoms with Gasteiger partial charge in [0, 0.05) is 17.1 Å². The summed E-state index contributed by atoms with van der Waals surface area (Å²) in [6, 6.07) is 8.93. The molecule has 1 amide bonds. The SMILES string of the molecule is CCN1C(=O)C(=Cc2ccc(COc3ccc(Br)cc3Cl)o2)NC1=S. The zero-order chi connectivity index (χ0) is 18.0. The zero-order valence-electron chi connectivity index (χ0n) is 13.2. The molecule has 1 aliphatic heterocycles. The highest BCUT2D eigenvalue weighted by Crippen LogP contribution is 2.28. The molecule has 1 aliphatic rings. The summed E-state index contributed by atoms with van der Waals surface area (Å²) < 4.78 is 12.2. The molecule has 0 spiro atoms. The molecule has 1 fully saturated rings. The van der Waals surface area contributed by atoms with Crippen molar-refractivity contribution in [3.8, 4) is 5.75 Å². The van der Waals surface area contributed by atoms with E-state index in [1.165, 1.54) is 4.90 Å². The van der Waals surface area contributed by atoms with Crippen LogP contribution >= 0.6 is 39.7 Å². The molecule has 130 valence electrons. The number of hydrogen-bond acceptors (Lipinski definition) is 4. The molecular formula is C17H14BrClN2O3S. The third kappa shape index (κ3) is 4.05. The second kappa shape index (κ2) is 7.59. The first-order valence-electron chi connectivity index (χ1n) is 7.49. The van der Waals surface area contributed by atoms with Gasteiger partial charge in [-0.3, -0.25) is 9.69 Å². The number of hydrogen-bond donors (Lipinski definition) is 1. The van der Waals surface area contributed by atoms with Crippen molar-refractivity contribution in [3.05, 3.63) is 57.0 Å². The van der Waals surface area contributed by atoms with Crippen LogP contribution in [0.4, 0.5) is 0 Å². The monoisotopic (exact) mass is 440 g/mol. The van der Waals surface area contributed by atoms with Crippen molar-refractivity contribution in [3.63, 3.8) is 0 Å². The molecule has 0 saturated carbocycles. The lowest BCUT2D eigenvalue weighted by molar-refractivity contribution is -0.122. The molecule has 2 heterocycles. The van der Waals surface area contributed by atoms with E-state index in [9.17, 15) is 4.79 Å². The number of nitrogens with one attached hydrogen (secondary N) is 1. The van der Waals surface area contributed by atoms with Crippen LogP contribution in [0, 0.1) is 0 Å². The van der Waals surface area contributed by atoms with E-state index in [1.54, 1.807) is 30.3 Å². The van der Waals surface area contributed by atoms with E-state index in [1.807, 2.05) is 13.0 Å². The number of likely N-dealkylation sites (N-methyl/N-ethyl adjacent to an activating group) is 1. The van der Waals surface area contributed by atoms with Crippen molar-refractivity contribution in [1.29, 1.82) is 0 Å². The lowest BCUT2D eigenvalue weighted by Crippen LogP contribution is -2.30. The van der Waals surface area contributed by atoms with E-state index in [0.29, 0.717) is 39.6 Å². The molecule has 0 aliphatic carbocycles. The van der Waals surface area contributed by atoms with E-state index >= 15 is 0 Å². The fraction of sp³-hybridized carbons (Fsp3) is 0.176. The number of thiocarbonyl (C=S) groups is 1. The van der Waals surface area contributed by atoms with Crippen LogP contribution in [0.3, 0.4) is 0 Å². The maximum atomic E-state index is 12.2. The average Bonchev–Trinajstić information content (AvgIpc) is 3.11. The van der Waals surface area contributed by atoms with Crippen LogP contribution in [0.2, 0.25) is 5.02 Å². The predicted molar refractivity (Wildman–Crippen MR) is 103 cm³/mol. The Morgan fingerprint density at radius 2 is 2.20 bits per heavy atom. The summed E-state index contributed by atoms with van der Waals surface area (Å²) in [6.07, 6.45) is 1.63. The van der Waals surface area contributed by atoms with Crippen LogP contribution in [0.5, 0.6) is 5.75 Å². The lowest BCUT2D eigenvalue weighted by atomic mass is 10.3. The number of carbonyl (C=O) groups is 1. The highest BCUT2D eigenvalue weighted by molar-refractivity contribution is 9.10. The first kappa shape index (κ1) is 18.0. The highest BCUT2D eigenvalue weighted by atomic mass is 79.9. The maximum absolute atomic E-state index is 12.2. The van der Waals surface area contributed by atoms with Gasteiger partial charge in [-0.25, -0.2) is 0 Å². The van der Waals surface area contributed by atoms with E-state index in [-0.39, 0.29) is 12.5 Å². The van der Waals surface area contributed by atoms with Crippen LogP contribution in [0.1, 0.15) is 18.4 Å². The molecular weight excluding hydrogens is 428 g/mol. The van der Waals surface area contributed by atoms with Crippen molar-refractivity contribution in [2.45, 2.75) is 13.5 Å². The Bertz CT molecular complexity index is 865. The predicted octanol–water partition coefficient (Wildman–Crippen LogP) is 4.35. The van der Waals surface area contributed by atoms with Gasteiger partial charge in [-0.1, -0.05) is 27.5 Å². The Morgan fingerprint density at radius 1 is 1.40 bits per heavy atom. The molecule has 0 atom stereocenters. The Hall–Kier alpha value is -1.83. The largest absolute Gasteiger partial charge is 0.484 e.